The van der Waals surface area contributed by atoms with Crippen molar-refractivity contribution in [3.05, 3.63) is 70.2 Å². The molecule has 2 heterocycles. The Morgan fingerprint density at radius 2 is 1.91 bits per heavy atom. The van der Waals surface area contributed by atoms with Crippen molar-refractivity contribution >= 4 is 45.1 Å². The van der Waals surface area contributed by atoms with Crippen molar-refractivity contribution in [1.82, 2.24) is 4.98 Å². The number of anilines is 1. The summed E-state index contributed by atoms with van der Waals surface area (Å²) < 4.78 is 1.23. The number of allylic oxidation sites excluding steroid dienone is 2. The highest BCUT2D eigenvalue weighted by Gasteiger charge is 2.14. The zero-order valence-electron chi connectivity index (χ0n) is 12.0. The average Bonchev–Trinajstić information content (AvgIpc) is 3.08. The van der Waals surface area contributed by atoms with Gasteiger partial charge in [-0.05, 0) is 48.9 Å². The van der Waals surface area contributed by atoms with Gasteiger partial charge in [-0.15, -0.1) is 11.3 Å². The van der Waals surface area contributed by atoms with Crippen LogP contribution in [0, 0.1) is 0 Å². The van der Waals surface area contributed by atoms with Crippen LogP contribution in [0.15, 0.2) is 70.1 Å². The summed E-state index contributed by atoms with van der Waals surface area (Å²) in [5, 5.41) is 5.66. The fourth-order valence-electron chi connectivity index (χ4n) is 2.40. The van der Waals surface area contributed by atoms with Crippen LogP contribution in [0.25, 0.3) is 16.3 Å². The molecule has 2 nitrogen and oxygen atoms in total. The predicted molar refractivity (Wildman–Crippen MR) is 97.3 cm³/mol. The van der Waals surface area contributed by atoms with Crippen LogP contribution in [-0.2, 0) is 0 Å². The van der Waals surface area contributed by atoms with Gasteiger partial charge in [0, 0.05) is 4.90 Å². The number of nitrogens with one attached hydrogen (secondary N) is 1. The Morgan fingerprint density at radius 1 is 1.09 bits per heavy atom. The number of hydrogen-bond donors (Lipinski definition) is 1. The minimum atomic E-state index is 1.05. The van der Waals surface area contributed by atoms with Gasteiger partial charge in [0.1, 0.15) is 5.01 Å². The Balaban J connectivity index is 1.59. The molecule has 0 bridgehead atoms. The topological polar surface area (TPSA) is 24.9 Å². The quantitative estimate of drug-likeness (QED) is 0.649. The molecule has 22 heavy (non-hydrogen) atoms. The van der Waals surface area contributed by atoms with Crippen LogP contribution in [0.5, 0.6) is 0 Å². The van der Waals surface area contributed by atoms with Gasteiger partial charge in [0.15, 0.2) is 0 Å². The summed E-state index contributed by atoms with van der Waals surface area (Å²) in [6.45, 7) is 2.12. The molecule has 1 aromatic heterocycles. The molecule has 2 aromatic carbocycles. The highest BCUT2D eigenvalue weighted by molar-refractivity contribution is 8.03. The van der Waals surface area contributed by atoms with Crippen molar-refractivity contribution in [2.75, 3.05) is 5.32 Å². The number of para-hydroxylation sites is 2. The van der Waals surface area contributed by atoms with Crippen LogP contribution < -0.4 is 5.32 Å². The van der Waals surface area contributed by atoms with Crippen molar-refractivity contribution in [2.45, 2.75) is 11.8 Å². The van der Waals surface area contributed by atoms with Crippen molar-refractivity contribution < 1.29 is 0 Å². The van der Waals surface area contributed by atoms with E-state index in [0.29, 0.717) is 0 Å². The van der Waals surface area contributed by atoms with Crippen LogP contribution in [0.1, 0.15) is 11.9 Å². The summed E-state index contributed by atoms with van der Waals surface area (Å²) in [5.74, 6) is 0. The maximum Gasteiger partial charge on any atom is 0.117 e. The molecule has 108 valence electrons. The molecule has 1 N–H and O–H groups in total. The van der Waals surface area contributed by atoms with Crippen molar-refractivity contribution in [1.29, 1.82) is 0 Å². The van der Waals surface area contributed by atoms with Crippen LogP contribution >= 0.6 is 23.1 Å². The molecular weight excluding hydrogens is 308 g/mol. The Bertz CT molecular complexity index is 846. The Kier molecular flexibility index (Phi) is 3.48. The molecule has 0 spiro atoms. The number of thioether (sulfide) groups is 1. The second-order valence-electron chi connectivity index (χ2n) is 5.14. The van der Waals surface area contributed by atoms with E-state index in [1.54, 1.807) is 23.1 Å². The lowest BCUT2D eigenvalue weighted by Crippen LogP contribution is -1.88. The van der Waals surface area contributed by atoms with Gasteiger partial charge in [-0.2, -0.15) is 0 Å². The maximum absolute atomic E-state index is 4.65. The van der Waals surface area contributed by atoms with Gasteiger partial charge in [-0.25, -0.2) is 4.98 Å². The first-order chi connectivity index (χ1) is 10.8. The Morgan fingerprint density at radius 3 is 2.77 bits per heavy atom. The second kappa shape index (κ2) is 5.63. The van der Waals surface area contributed by atoms with Crippen molar-refractivity contribution in [3.8, 4) is 0 Å². The number of nitrogens with zero attached hydrogens (tertiary/aromatic N) is 1. The SMILES string of the molecule is CC(/C=C1/Nc2ccccc2S1)=C\c1nc2ccccc2s1. The van der Waals surface area contributed by atoms with Gasteiger partial charge in [0.25, 0.3) is 0 Å². The van der Waals surface area contributed by atoms with E-state index < -0.39 is 0 Å². The van der Waals surface area contributed by atoms with Crippen LogP contribution in [0.4, 0.5) is 5.69 Å². The number of fused-ring (bicyclic) bond motifs is 2. The van der Waals surface area contributed by atoms with Crippen molar-refractivity contribution in [3.63, 3.8) is 0 Å². The number of hydrogen-bond acceptors (Lipinski definition) is 4. The summed E-state index contributed by atoms with van der Waals surface area (Å²) in [5.41, 5.74) is 3.45. The largest absolute Gasteiger partial charge is 0.349 e. The van der Waals surface area contributed by atoms with Crippen LogP contribution in [0.3, 0.4) is 0 Å². The van der Waals surface area contributed by atoms with E-state index in [2.05, 4.69) is 71.8 Å². The van der Waals surface area contributed by atoms with Gasteiger partial charge in [0.05, 0.1) is 20.9 Å². The molecule has 4 heteroatoms. The van der Waals surface area contributed by atoms with Gasteiger partial charge in [-0.3, -0.25) is 0 Å². The molecular formula is C18H14N2S2. The molecule has 0 amide bonds. The fraction of sp³-hybridized carbons (Fsp3) is 0.0556. The Hall–Kier alpha value is -2.04. The number of thiazole rings is 1. The van der Waals surface area contributed by atoms with Gasteiger partial charge in [0.2, 0.25) is 0 Å². The van der Waals surface area contributed by atoms with E-state index in [0.717, 1.165) is 15.6 Å². The van der Waals surface area contributed by atoms with E-state index in [1.165, 1.54) is 20.9 Å². The highest BCUT2D eigenvalue weighted by Crippen LogP contribution is 2.40. The first kappa shape index (κ1) is 13.6. The lowest BCUT2D eigenvalue weighted by molar-refractivity contribution is 1.43. The monoisotopic (exact) mass is 322 g/mol. The summed E-state index contributed by atoms with van der Waals surface area (Å²) in [6, 6.07) is 16.6. The highest BCUT2D eigenvalue weighted by atomic mass is 32.2. The third kappa shape index (κ3) is 2.67. The van der Waals surface area contributed by atoms with E-state index in [9.17, 15) is 0 Å². The molecule has 0 radical (unpaired) electrons. The Labute approximate surface area is 137 Å². The summed E-state index contributed by atoms with van der Waals surface area (Å²) >= 11 is 3.50. The molecule has 1 aliphatic heterocycles. The first-order valence-corrected chi connectivity index (χ1v) is 8.71. The van der Waals surface area contributed by atoms with Crippen LogP contribution in [-0.4, -0.2) is 4.98 Å². The smallest absolute Gasteiger partial charge is 0.117 e. The number of rotatable bonds is 2. The molecule has 0 atom stereocenters. The summed E-state index contributed by atoms with van der Waals surface area (Å²) in [4.78, 5) is 5.93. The molecule has 0 unspecified atom stereocenters. The lowest BCUT2D eigenvalue weighted by Gasteiger charge is -1.98. The normalized spacial score (nSPS) is 16.0. The molecule has 4 rings (SSSR count). The van der Waals surface area contributed by atoms with Gasteiger partial charge in [-0.1, -0.05) is 36.0 Å². The standard InChI is InChI=1S/C18H14N2S2/c1-12(10-17-19-13-6-2-4-8-15(13)21-17)11-18-20-14-7-3-5-9-16(14)22-18/h2-11,19H,1H3/b12-11+,17-10-. The summed E-state index contributed by atoms with van der Waals surface area (Å²) in [6.07, 6.45) is 4.32. The molecule has 3 aromatic rings. The van der Waals surface area contributed by atoms with Crippen molar-refractivity contribution in [2.24, 2.45) is 0 Å². The second-order valence-corrected chi connectivity index (χ2v) is 7.29. The van der Waals surface area contributed by atoms with E-state index in [1.807, 2.05) is 6.07 Å². The molecule has 0 aliphatic carbocycles. The van der Waals surface area contributed by atoms with E-state index >= 15 is 0 Å². The average molecular weight is 322 g/mol. The third-order valence-electron chi connectivity index (χ3n) is 3.39. The number of aromatic nitrogens is 1. The third-order valence-corrected chi connectivity index (χ3v) is 5.38. The molecule has 1 aliphatic rings. The van der Waals surface area contributed by atoms with Crippen LogP contribution in [0.2, 0.25) is 0 Å². The predicted octanol–water partition coefficient (Wildman–Crippen LogP) is 5.76. The van der Waals surface area contributed by atoms with Gasteiger partial charge < -0.3 is 5.32 Å². The van der Waals surface area contributed by atoms with E-state index in [-0.39, 0.29) is 0 Å². The fourth-order valence-corrected chi connectivity index (χ4v) is 4.39. The minimum absolute atomic E-state index is 1.05. The molecule has 0 saturated carbocycles. The zero-order valence-corrected chi connectivity index (χ0v) is 13.7. The molecule has 0 fully saturated rings. The maximum atomic E-state index is 4.65. The minimum Gasteiger partial charge on any atom is -0.349 e. The van der Waals surface area contributed by atoms with E-state index in [4.69, 9.17) is 0 Å². The first-order valence-electron chi connectivity index (χ1n) is 7.07. The zero-order chi connectivity index (χ0) is 14.9. The number of benzene rings is 2. The lowest BCUT2D eigenvalue weighted by atomic mass is 10.2. The molecule has 0 saturated heterocycles. The summed E-state index contributed by atoms with van der Waals surface area (Å²) in [7, 11) is 0. The van der Waals surface area contributed by atoms with Gasteiger partial charge >= 0.3 is 0 Å².